The van der Waals surface area contributed by atoms with Gasteiger partial charge in [-0.25, -0.2) is 9.97 Å². The number of fused-ring (bicyclic) bond motifs is 10. The van der Waals surface area contributed by atoms with Crippen LogP contribution >= 0.6 is 11.3 Å². The Balaban J connectivity index is 1.49. The number of thiophene rings is 1. The highest BCUT2D eigenvalue weighted by Crippen LogP contribution is 2.47. The molecule has 0 bridgehead atoms. The molecular weight excluding hydrogens is 531 g/mol. The van der Waals surface area contributed by atoms with Gasteiger partial charge in [-0.05, 0) is 36.6 Å². The molecular formula is C38H25N3S. The molecule has 0 radical (unpaired) electrons. The van der Waals surface area contributed by atoms with Gasteiger partial charge < -0.3 is 0 Å². The Labute approximate surface area is 246 Å². The summed E-state index contributed by atoms with van der Waals surface area (Å²) in [6.07, 6.45) is 8.83. The standard InChI is InChI=1S/C38H25N3S/c1-3-13-24(14-4-1)30-23-31(25-15-5-2-6-16-25)40-38(39-30)41-32-21-11-9-19-28(32)34-35-29-20-10-12-22-33(29)42-37(35)27-18-8-7-17-26(27)36(34)41/h1,3-5,7-23H,2,6H2. The molecule has 1 aliphatic rings. The van der Waals surface area contributed by atoms with Gasteiger partial charge in [-0.2, -0.15) is 0 Å². The molecule has 5 aromatic carbocycles. The highest BCUT2D eigenvalue weighted by Gasteiger charge is 2.23. The predicted octanol–water partition coefficient (Wildman–Crippen LogP) is 10.5. The Morgan fingerprint density at radius 2 is 1.33 bits per heavy atom. The minimum atomic E-state index is 0.696. The Hall–Kier alpha value is -5.06. The number of rotatable bonds is 3. The van der Waals surface area contributed by atoms with E-state index in [9.17, 15) is 0 Å². The van der Waals surface area contributed by atoms with E-state index in [0.717, 1.165) is 46.4 Å². The Kier molecular flexibility index (Phi) is 5.19. The van der Waals surface area contributed by atoms with E-state index in [2.05, 4.69) is 132 Å². The van der Waals surface area contributed by atoms with E-state index in [-0.39, 0.29) is 0 Å². The summed E-state index contributed by atoms with van der Waals surface area (Å²) >= 11 is 1.88. The van der Waals surface area contributed by atoms with Crippen LogP contribution in [-0.2, 0) is 0 Å². The molecule has 3 nitrogen and oxygen atoms in total. The van der Waals surface area contributed by atoms with Crippen molar-refractivity contribution in [3.8, 4) is 17.2 Å². The molecule has 0 saturated heterocycles. The molecule has 0 fully saturated rings. The average Bonchev–Trinajstić information content (AvgIpc) is 3.62. The van der Waals surface area contributed by atoms with Gasteiger partial charge in [-0.15, -0.1) is 11.3 Å². The van der Waals surface area contributed by atoms with E-state index in [0.29, 0.717) is 5.95 Å². The van der Waals surface area contributed by atoms with Crippen LogP contribution in [0.25, 0.3) is 75.5 Å². The third-order valence-corrected chi connectivity index (χ3v) is 9.63. The first-order valence-corrected chi connectivity index (χ1v) is 15.2. The van der Waals surface area contributed by atoms with E-state index >= 15 is 0 Å². The van der Waals surface area contributed by atoms with Gasteiger partial charge in [0, 0.05) is 47.3 Å². The lowest BCUT2D eigenvalue weighted by molar-refractivity contribution is 0.980. The zero-order chi connectivity index (χ0) is 27.6. The summed E-state index contributed by atoms with van der Waals surface area (Å²) in [6, 6.07) is 38.9. The highest BCUT2D eigenvalue weighted by molar-refractivity contribution is 7.27. The zero-order valence-corrected chi connectivity index (χ0v) is 23.6. The molecule has 0 unspecified atom stereocenters. The monoisotopic (exact) mass is 555 g/mol. The van der Waals surface area contributed by atoms with E-state index < -0.39 is 0 Å². The molecule has 3 aromatic heterocycles. The maximum atomic E-state index is 5.30. The Morgan fingerprint density at radius 1 is 0.619 bits per heavy atom. The van der Waals surface area contributed by atoms with Crippen LogP contribution in [0, 0.1) is 0 Å². The molecule has 9 rings (SSSR count). The summed E-state index contributed by atoms with van der Waals surface area (Å²) in [5.74, 6) is 0.696. The number of hydrogen-bond donors (Lipinski definition) is 0. The van der Waals surface area contributed by atoms with Crippen LogP contribution in [0.4, 0.5) is 0 Å². The molecule has 0 saturated carbocycles. The molecule has 198 valence electrons. The summed E-state index contributed by atoms with van der Waals surface area (Å²) in [5.41, 5.74) is 6.38. The van der Waals surface area contributed by atoms with Gasteiger partial charge in [0.15, 0.2) is 0 Å². The second-order valence-electron chi connectivity index (χ2n) is 10.9. The number of hydrogen-bond acceptors (Lipinski definition) is 3. The predicted molar refractivity (Wildman–Crippen MR) is 179 cm³/mol. The van der Waals surface area contributed by atoms with Crippen LogP contribution < -0.4 is 0 Å². The smallest absolute Gasteiger partial charge is 0.235 e. The van der Waals surface area contributed by atoms with Crippen molar-refractivity contribution in [3.63, 3.8) is 0 Å². The second kappa shape index (κ2) is 9.23. The summed E-state index contributed by atoms with van der Waals surface area (Å²) < 4.78 is 4.95. The van der Waals surface area contributed by atoms with Gasteiger partial charge in [-0.3, -0.25) is 4.57 Å². The van der Waals surface area contributed by atoms with Crippen molar-refractivity contribution in [1.29, 1.82) is 0 Å². The first-order valence-electron chi connectivity index (χ1n) is 14.4. The average molecular weight is 556 g/mol. The van der Waals surface area contributed by atoms with Crippen molar-refractivity contribution in [2.24, 2.45) is 0 Å². The number of para-hydroxylation sites is 1. The fourth-order valence-electron chi connectivity index (χ4n) is 6.57. The van der Waals surface area contributed by atoms with Gasteiger partial charge in [0.05, 0.1) is 22.4 Å². The Morgan fingerprint density at radius 3 is 2.17 bits per heavy atom. The molecule has 4 heteroatoms. The fraction of sp³-hybridized carbons (Fsp3) is 0.0526. The van der Waals surface area contributed by atoms with Crippen molar-refractivity contribution in [2.45, 2.75) is 12.8 Å². The van der Waals surface area contributed by atoms with Crippen molar-refractivity contribution >= 4 is 69.7 Å². The molecule has 0 amide bonds. The summed E-state index contributed by atoms with van der Waals surface area (Å²) in [6.45, 7) is 0. The lowest BCUT2D eigenvalue weighted by Crippen LogP contribution is -2.05. The number of nitrogens with zero attached hydrogens (tertiary/aromatic N) is 3. The summed E-state index contributed by atoms with van der Waals surface area (Å²) in [7, 11) is 0. The van der Waals surface area contributed by atoms with Crippen LogP contribution in [-0.4, -0.2) is 14.5 Å². The Bertz CT molecular complexity index is 2410. The summed E-state index contributed by atoms with van der Waals surface area (Å²) in [5, 5.41) is 7.59. The second-order valence-corrected chi connectivity index (χ2v) is 11.9. The van der Waals surface area contributed by atoms with Gasteiger partial charge >= 0.3 is 0 Å². The number of benzene rings is 5. The zero-order valence-electron chi connectivity index (χ0n) is 22.8. The van der Waals surface area contributed by atoms with E-state index in [1.54, 1.807) is 0 Å². The molecule has 3 heterocycles. The van der Waals surface area contributed by atoms with Crippen LogP contribution in [0.3, 0.4) is 0 Å². The highest BCUT2D eigenvalue weighted by atomic mass is 32.1. The quantitative estimate of drug-likeness (QED) is 0.217. The van der Waals surface area contributed by atoms with Gasteiger partial charge in [0.2, 0.25) is 5.95 Å². The van der Waals surface area contributed by atoms with Crippen molar-refractivity contribution in [2.75, 3.05) is 0 Å². The van der Waals surface area contributed by atoms with E-state index in [1.165, 1.54) is 41.7 Å². The third kappa shape index (κ3) is 3.45. The van der Waals surface area contributed by atoms with Crippen molar-refractivity contribution in [1.82, 2.24) is 14.5 Å². The van der Waals surface area contributed by atoms with Gasteiger partial charge in [-0.1, -0.05) is 109 Å². The molecule has 1 aliphatic carbocycles. The van der Waals surface area contributed by atoms with Crippen LogP contribution in [0.2, 0.25) is 0 Å². The van der Waals surface area contributed by atoms with Crippen molar-refractivity contribution in [3.05, 3.63) is 133 Å². The maximum Gasteiger partial charge on any atom is 0.235 e. The molecule has 0 aliphatic heterocycles. The van der Waals surface area contributed by atoms with Crippen LogP contribution in [0.1, 0.15) is 18.5 Å². The molecule has 8 aromatic rings. The fourth-order valence-corrected chi connectivity index (χ4v) is 7.82. The molecule has 0 atom stereocenters. The normalized spacial score (nSPS) is 13.6. The molecule has 42 heavy (non-hydrogen) atoms. The lowest BCUT2D eigenvalue weighted by Gasteiger charge is -2.14. The first-order chi connectivity index (χ1) is 20.8. The largest absolute Gasteiger partial charge is 0.277 e. The van der Waals surface area contributed by atoms with Gasteiger partial charge in [0.1, 0.15) is 0 Å². The topological polar surface area (TPSA) is 30.7 Å². The minimum absolute atomic E-state index is 0.696. The van der Waals surface area contributed by atoms with E-state index in [4.69, 9.17) is 9.97 Å². The lowest BCUT2D eigenvalue weighted by atomic mass is 10.00. The van der Waals surface area contributed by atoms with Crippen LogP contribution in [0.15, 0.2) is 127 Å². The SMILES string of the molecule is C1=CC(c2cc(-c3ccccc3)nc(-n3c4ccccc4c4c5c6ccccc6sc5c5ccccc5c43)n2)=CCC1. The van der Waals surface area contributed by atoms with Gasteiger partial charge in [0.25, 0.3) is 0 Å². The first kappa shape index (κ1) is 23.6. The maximum absolute atomic E-state index is 5.30. The minimum Gasteiger partial charge on any atom is -0.277 e. The molecule has 0 N–H and O–H groups in total. The summed E-state index contributed by atoms with van der Waals surface area (Å²) in [4.78, 5) is 10.6. The number of aromatic nitrogens is 3. The third-order valence-electron chi connectivity index (χ3n) is 8.42. The number of allylic oxidation sites excluding steroid dienone is 4. The van der Waals surface area contributed by atoms with E-state index in [1.807, 2.05) is 11.3 Å². The molecule has 0 spiro atoms. The van der Waals surface area contributed by atoms with Crippen molar-refractivity contribution < 1.29 is 0 Å². The van der Waals surface area contributed by atoms with Crippen LogP contribution in [0.5, 0.6) is 0 Å².